The summed E-state index contributed by atoms with van der Waals surface area (Å²) in [4.78, 5) is 23.3. The maximum atomic E-state index is 13.0. The molecule has 30 heavy (non-hydrogen) atoms. The fourth-order valence-electron chi connectivity index (χ4n) is 2.27. The molecule has 1 amide bonds. The van der Waals surface area contributed by atoms with Crippen molar-refractivity contribution in [3.8, 4) is 0 Å². The Morgan fingerprint density at radius 3 is 2.53 bits per heavy atom. The fourth-order valence-corrected chi connectivity index (χ4v) is 3.64. The number of aromatic nitrogens is 3. The molecule has 3 rings (SSSR count). The van der Waals surface area contributed by atoms with Crippen molar-refractivity contribution in [3.05, 3.63) is 75.3 Å². The fraction of sp³-hybridized carbons (Fsp3) is 0.0526. The van der Waals surface area contributed by atoms with E-state index in [1.165, 1.54) is 6.20 Å². The molecular formula is C19H11Cl2F3N4OS. The number of carbonyl (C=O) groups is 1. The SMILES string of the molecule is NC(=O)c1ncc(C(F)(F)F)cc1Sc1nccc(/C=C/c2ccc(Cl)cc2Cl)n1. The number of halogens is 5. The third kappa shape index (κ3) is 5.50. The van der Waals surface area contributed by atoms with Crippen molar-refractivity contribution in [1.82, 2.24) is 15.0 Å². The number of hydrogen-bond donors (Lipinski definition) is 1. The largest absolute Gasteiger partial charge is 0.417 e. The van der Waals surface area contributed by atoms with E-state index < -0.39 is 17.6 Å². The molecule has 0 unspecified atom stereocenters. The van der Waals surface area contributed by atoms with Gasteiger partial charge < -0.3 is 5.73 Å². The molecule has 2 N–H and O–H groups in total. The highest BCUT2D eigenvalue weighted by atomic mass is 35.5. The molecule has 0 atom stereocenters. The average molecular weight is 471 g/mol. The van der Waals surface area contributed by atoms with Gasteiger partial charge in [0.25, 0.3) is 5.91 Å². The molecule has 2 aromatic heterocycles. The molecule has 0 fully saturated rings. The number of nitrogens with two attached hydrogens (primary N) is 1. The lowest BCUT2D eigenvalue weighted by Crippen LogP contribution is -2.16. The number of hydrogen-bond acceptors (Lipinski definition) is 5. The summed E-state index contributed by atoms with van der Waals surface area (Å²) in [5.41, 5.74) is 5.09. The zero-order chi connectivity index (χ0) is 21.9. The van der Waals surface area contributed by atoms with Crippen LogP contribution in [-0.2, 0) is 6.18 Å². The number of pyridine rings is 1. The molecule has 0 spiro atoms. The van der Waals surface area contributed by atoms with E-state index in [1.54, 1.807) is 36.4 Å². The monoisotopic (exact) mass is 470 g/mol. The first-order valence-electron chi connectivity index (χ1n) is 8.14. The van der Waals surface area contributed by atoms with Crippen LogP contribution in [0.1, 0.15) is 27.3 Å². The molecular weight excluding hydrogens is 460 g/mol. The number of rotatable bonds is 5. The molecule has 154 valence electrons. The molecule has 0 saturated heterocycles. The second-order valence-corrected chi connectivity index (χ2v) is 7.65. The van der Waals surface area contributed by atoms with Gasteiger partial charge in [-0.3, -0.25) is 4.79 Å². The van der Waals surface area contributed by atoms with Gasteiger partial charge in [-0.05, 0) is 47.7 Å². The first-order chi connectivity index (χ1) is 14.1. The summed E-state index contributed by atoms with van der Waals surface area (Å²) in [6.45, 7) is 0. The Morgan fingerprint density at radius 1 is 1.10 bits per heavy atom. The van der Waals surface area contributed by atoms with Crippen molar-refractivity contribution in [2.75, 3.05) is 0 Å². The molecule has 0 saturated carbocycles. The van der Waals surface area contributed by atoms with Crippen LogP contribution in [0.3, 0.4) is 0 Å². The lowest BCUT2D eigenvalue weighted by Gasteiger charge is -2.10. The van der Waals surface area contributed by atoms with Crippen LogP contribution in [0.25, 0.3) is 12.2 Å². The number of primary amides is 1. The maximum Gasteiger partial charge on any atom is 0.417 e. The van der Waals surface area contributed by atoms with Crippen LogP contribution in [-0.4, -0.2) is 20.9 Å². The highest BCUT2D eigenvalue weighted by Gasteiger charge is 2.32. The van der Waals surface area contributed by atoms with Crippen LogP contribution >= 0.6 is 35.0 Å². The minimum absolute atomic E-state index is 0.0980. The van der Waals surface area contributed by atoms with Crippen molar-refractivity contribution < 1.29 is 18.0 Å². The Kier molecular flexibility index (Phi) is 6.64. The van der Waals surface area contributed by atoms with Gasteiger partial charge >= 0.3 is 6.18 Å². The van der Waals surface area contributed by atoms with Crippen LogP contribution in [0, 0.1) is 0 Å². The van der Waals surface area contributed by atoms with Gasteiger partial charge in [-0.1, -0.05) is 35.3 Å². The second kappa shape index (κ2) is 9.03. The normalized spacial score (nSPS) is 11.8. The molecule has 5 nitrogen and oxygen atoms in total. The van der Waals surface area contributed by atoms with E-state index in [0.717, 1.165) is 17.8 Å². The topological polar surface area (TPSA) is 81.8 Å². The minimum Gasteiger partial charge on any atom is -0.364 e. The van der Waals surface area contributed by atoms with Crippen molar-refractivity contribution in [1.29, 1.82) is 0 Å². The van der Waals surface area contributed by atoms with Gasteiger partial charge in [0, 0.05) is 27.3 Å². The summed E-state index contributed by atoms with van der Waals surface area (Å²) in [5.74, 6) is -0.959. The van der Waals surface area contributed by atoms with Crippen LogP contribution in [0.5, 0.6) is 0 Å². The van der Waals surface area contributed by atoms with E-state index in [1.807, 2.05) is 0 Å². The van der Waals surface area contributed by atoms with Crippen LogP contribution < -0.4 is 5.73 Å². The van der Waals surface area contributed by atoms with Gasteiger partial charge in [-0.15, -0.1) is 0 Å². The number of carbonyl (C=O) groups excluding carboxylic acids is 1. The minimum atomic E-state index is -4.62. The molecule has 1 aromatic carbocycles. The summed E-state index contributed by atoms with van der Waals surface area (Å²) in [6.07, 6.45) is 0.724. The predicted octanol–water partition coefficient (Wildman–Crippen LogP) is 5.62. The standard InChI is InChI=1S/C19H11Cl2F3N4OS/c20-12-3-1-10(14(21)8-12)2-4-13-5-6-26-18(28-13)30-15-7-11(19(22,23)24)9-27-16(15)17(25)29/h1-9H,(H2,25,29)/b4-2+. The Labute approximate surface area is 183 Å². The molecule has 11 heteroatoms. The summed E-state index contributed by atoms with van der Waals surface area (Å²) >= 11 is 12.7. The lowest BCUT2D eigenvalue weighted by atomic mass is 10.2. The quantitative estimate of drug-likeness (QED) is 0.489. The molecule has 2 heterocycles. The molecule has 0 bridgehead atoms. The van der Waals surface area contributed by atoms with E-state index in [0.29, 0.717) is 27.5 Å². The molecule has 0 radical (unpaired) electrons. The van der Waals surface area contributed by atoms with Crippen molar-refractivity contribution >= 4 is 53.0 Å². The van der Waals surface area contributed by atoms with E-state index in [-0.39, 0.29) is 15.7 Å². The number of benzene rings is 1. The van der Waals surface area contributed by atoms with Gasteiger partial charge in [0.1, 0.15) is 5.69 Å². The first-order valence-corrected chi connectivity index (χ1v) is 9.72. The van der Waals surface area contributed by atoms with Gasteiger partial charge in [0.2, 0.25) is 0 Å². The van der Waals surface area contributed by atoms with Gasteiger partial charge in [0.05, 0.1) is 11.3 Å². The summed E-state index contributed by atoms with van der Waals surface area (Å²) in [7, 11) is 0. The zero-order valence-electron chi connectivity index (χ0n) is 14.8. The van der Waals surface area contributed by atoms with E-state index in [2.05, 4.69) is 15.0 Å². The summed E-state index contributed by atoms with van der Waals surface area (Å²) in [6, 6.07) is 7.39. The third-order valence-corrected chi connectivity index (χ3v) is 5.14. The van der Waals surface area contributed by atoms with Gasteiger partial charge in [-0.2, -0.15) is 13.2 Å². The van der Waals surface area contributed by atoms with Crippen LogP contribution in [0.2, 0.25) is 10.0 Å². The predicted molar refractivity (Wildman–Crippen MR) is 109 cm³/mol. The molecule has 0 aliphatic heterocycles. The molecule has 3 aromatic rings. The van der Waals surface area contributed by atoms with E-state index in [9.17, 15) is 18.0 Å². The van der Waals surface area contributed by atoms with Crippen molar-refractivity contribution in [2.45, 2.75) is 16.2 Å². The van der Waals surface area contributed by atoms with Crippen molar-refractivity contribution in [3.63, 3.8) is 0 Å². The highest BCUT2D eigenvalue weighted by molar-refractivity contribution is 7.99. The molecule has 0 aliphatic rings. The smallest absolute Gasteiger partial charge is 0.364 e. The average Bonchev–Trinajstić information content (AvgIpc) is 2.66. The maximum absolute atomic E-state index is 13.0. The molecule has 0 aliphatic carbocycles. The Bertz CT molecular complexity index is 1140. The summed E-state index contributed by atoms with van der Waals surface area (Å²) in [5, 5.41) is 1.06. The van der Waals surface area contributed by atoms with E-state index >= 15 is 0 Å². The third-order valence-electron chi connectivity index (χ3n) is 3.67. The van der Waals surface area contributed by atoms with Gasteiger partial charge in [0.15, 0.2) is 5.16 Å². The summed E-state index contributed by atoms with van der Waals surface area (Å²) < 4.78 is 39.0. The first kappa shape index (κ1) is 22.1. The Hall–Kier alpha value is -2.62. The number of nitrogens with zero attached hydrogens (tertiary/aromatic N) is 3. The number of amides is 1. The highest BCUT2D eigenvalue weighted by Crippen LogP contribution is 2.34. The van der Waals surface area contributed by atoms with Gasteiger partial charge in [-0.25, -0.2) is 15.0 Å². The van der Waals surface area contributed by atoms with E-state index in [4.69, 9.17) is 28.9 Å². The lowest BCUT2D eigenvalue weighted by molar-refractivity contribution is -0.138. The van der Waals surface area contributed by atoms with Crippen molar-refractivity contribution in [2.24, 2.45) is 5.73 Å². The zero-order valence-corrected chi connectivity index (χ0v) is 17.1. The Balaban J connectivity index is 1.90. The Morgan fingerprint density at radius 2 is 1.87 bits per heavy atom. The van der Waals surface area contributed by atoms with Crippen LogP contribution in [0.15, 0.2) is 52.8 Å². The second-order valence-electron chi connectivity index (χ2n) is 5.80. The number of alkyl halides is 3. The van der Waals surface area contributed by atoms with Crippen LogP contribution in [0.4, 0.5) is 13.2 Å².